The quantitative estimate of drug-likeness (QED) is 0.305. The molecule has 0 aliphatic rings. The van der Waals surface area contributed by atoms with Gasteiger partial charge in [0.2, 0.25) is 0 Å². The molecule has 0 atom stereocenters. The van der Waals surface area contributed by atoms with Crippen LogP contribution >= 0.6 is 0 Å². The fraction of sp³-hybridized carbons (Fsp3) is 0.500. The summed E-state index contributed by atoms with van der Waals surface area (Å²) in [5.41, 5.74) is 0.145. The van der Waals surface area contributed by atoms with Gasteiger partial charge >= 0.3 is 17.9 Å². The summed E-state index contributed by atoms with van der Waals surface area (Å²) in [6, 6.07) is 0. The van der Waals surface area contributed by atoms with Crippen LogP contribution in [0.3, 0.4) is 0 Å². The van der Waals surface area contributed by atoms with Gasteiger partial charge in [-0.15, -0.1) is 0 Å². The standard InChI is InChI=1S/C10H14O5/c1-4-8(6-14-9(12)5-2)10(13)15-7(3)11/h6H,4-5H2,1-3H3. The van der Waals surface area contributed by atoms with Crippen molar-refractivity contribution in [3.05, 3.63) is 11.8 Å². The largest absolute Gasteiger partial charge is 0.434 e. The molecule has 0 saturated carbocycles. The average Bonchev–Trinajstić information content (AvgIpc) is 2.17. The maximum atomic E-state index is 11.2. The highest BCUT2D eigenvalue weighted by Gasteiger charge is 2.12. The van der Waals surface area contributed by atoms with Crippen LogP contribution in [-0.2, 0) is 23.9 Å². The van der Waals surface area contributed by atoms with Crippen molar-refractivity contribution >= 4 is 17.9 Å². The number of carbonyl (C=O) groups is 3. The molecule has 0 radical (unpaired) electrons. The summed E-state index contributed by atoms with van der Waals surface area (Å²) in [5.74, 6) is -1.92. The molecule has 0 aromatic rings. The highest BCUT2D eigenvalue weighted by Crippen LogP contribution is 2.04. The molecule has 0 bridgehead atoms. The monoisotopic (exact) mass is 214 g/mol. The Labute approximate surface area is 88.0 Å². The van der Waals surface area contributed by atoms with Gasteiger partial charge in [-0.2, -0.15) is 0 Å². The van der Waals surface area contributed by atoms with Gasteiger partial charge in [0.1, 0.15) is 6.26 Å². The van der Waals surface area contributed by atoms with Crippen LogP contribution in [0.1, 0.15) is 33.6 Å². The van der Waals surface area contributed by atoms with Crippen LogP contribution < -0.4 is 0 Å². The molecule has 5 heteroatoms. The summed E-state index contributed by atoms with van der Waals surface area (Å²) in [7, 11) is 0. The van der Waals surface area contributed by atoms with Gasteiger partial charge in [-0.3, -0.25) is 9.59 Å². The van der Waals surface area contributed by atoms with Crippen LogP contribution in [0.4, 0.5) is 0 Å². The smallest absolute Gasteiger partial charge is 0.344 e. The Bertz CT molecular complexity index is 290. The topological polar surface area (TPSA) is 69.7 Å². The summed E-state index contributed by atoms with van der Waals surface area (Å²) < 4.78 is 8.97. The number of esters is 3. The fourth-order valence-electron chi connectivity index (χ4n) is 0.692. The highest BCUT2D eigenvalue weighted by molar-refractivity contribution is 5.95. The molecular formula is C10H14O5. The molecule has 0 unspecified atom stereocenters. The van der Waals surface area contributed by atoms with E-state index >= 15 is 0 Å². The highest BCUT2D eigenvalue weighted by atomic mass is 16.6. The van der Waals surface area contributed by atoms with Gasteiger partial charge in [0.05, 0.1) is 5.57 Å². The summed E-state index contributed by atoms with van der Waals surface area (Å²) in [6.07, 6.45) is 1.56. The Morgan fingerprint density at radius 2 is 1.73 bits per heavy atom. The first kappa shape index (κ1) is 13.4. The van der Waals surface area contributed by atoms with Crippen LogP contribution in [0.25, 0.3) is 0 Å². The molecule has 0 rings (SSSR count). The lowest BCUT2D eigenvalue weighted by Crippen LogP contribution is -2.12. The van der Waals surface area contributed by atoms with Gasteiger partial charge in [-0.1, -0.05) is 13.8 Å². The van der Waals surface area contributed by atoms with E-state index in [9.17, 15) is 14.4 Å². The van der Waals surface area contributed by atoms with E-state index in [0.717, 1.165) is 13.2 Å². The van der Waals surface area contributed by atoms with Crippen molar-refractivity contribution in [1.29, 1.82) is 0 Å². The first-order valence-corrected chi connectivity index (χ1v) is 4.62. The Morgan fingerprint density at radius 3 is 2.13 bits per heavy atom. The van der Waals surface area contributed by atoms with Crippen molar-refractivity contribution in [2.75, 3.05) is 0 Å². The zero-order chi connectivity index (χ0) is 11.8. The Hall–Kier alpha value is -1.65. The molecule has 0 fully saturated rings. The second-order valence-electron chi connectivity index (χ2n) is 2.72. The van der Waals surface area contributed by atoms with E-state index in [0.29, 0.717) is 6.42 Å². The lowest BCUT2D eigenvalue weighted by atomic mass is 10.2. The van der Waals surface area contributed by atoms with E-state index in [1.807, 2.05) is 0 Å². The predicted octanol–water partition coefficient (Wildman–Crippen LogP) is 1.32. The third-order valence-corrected chi connectivity index (χ3v) is 1.50. The van der Waals surface area contributed by atoms with Crippen molar-refractivity contribution in [3.63, 3.8) is 0 Å². The maximum absolute atomic E-state index is 11.2. The van der Waals surface area contributed by atoms with E-state index in [1.54, 1.807) is 13.8 Å². The molecule has 0 spiro atoms. The van der Waals surface area contributed by atoms with Gasteiger partial charge in [0, 0.05) is 13.3 Å². The predicted molar refractivity (Wildman–Crippen MR) is 51.5 cm³/mol. The summed E-state index contributed by atoms with van der Waals surface area (Å²) in [4.78, 5) is 32.5. The SMILES string of the molecule is CCC(=O)OC=C(CC)C(=O)OC(C)=O. The third-order valence-electron chi connectivity index (χ3n) is 1.50. The van der Waals surface area contributed by atoms with Gasteiger partial charge in [0.15, 0.2) is 0 Å². The minimum atomic E-state index is -0.783. The lowest BCUT2D eigenvalue weighted by Gasteiger charge is -2.02. The van der Waals surface area contributed by atoms with Crippen LogP contribution in [-0.4, -0.2) is 17.9 Å². The van der Waals surface area contributed by atoms with E-state index in [2.05, 4.69) is 9.47 Å². The molecule has 84 valence electrons. The molecular weight excluding hydrogens is 200 g/mol. The molecule has 0 aromatic heterocycles. The molecule has 0 aromatic carbocycles. The van der Waals surface area contributed by atoms with E-state index in [-0.39, 0.29) is 12.0 Å². The van der Waals surface area contributed by atoms with E-state index < -0.39 is 17.9 Å². The van der Waals surface area contributed by atoms with Crippen LogP contribution in [0.2, 0.25) is 0 Å². The molecule has 0 N–H and O–H groups in total. The van der Waals surface area contributed by atoms with Crippen LogP contribution in [0.15, 0.2) is 11.8 Å². The number of carbonyl (C=O) groups excluding carboxylic acids is 3. The van der Waals surface area contributed by atoms with Crippen LogP contribution in [0, 0.1) is 0 Å². The minimum Gasteiger partial charge on any atom is -0.434 e. The second kappa shape index (κ2) is 6.75. The van der Waals surface area contributed by atoms with Crippen molar-refractivity contribution in [2.45, 2.75) is 33.6 Å². The van der Waals surface area contributed by atoms with Gasteiger partial charge in [-0.05, 0) is 6.42 Å². The molecule has 15 heavy (non-hydrogen) atoms. The number of hydrogen-bond donors (Lipinski definition) is 0. The zero-order valence-corrected chi connectivity index (χ0v) is 9.03. The summed E-state index contributed by atoms with van der Waals surface area (Å²) in [6.45, 7) is 4.45. The molecule has 0 saturated heterocycles. The lowest BCUT2D eigenvalue weighted by molar-refractivity contribution is -0.155. The maximum Gasteiger partial charge on any atom is 0.344 e. The number of rotatable bonds is 4. The fourth-order valence-corrected chi connectivity index (χ4v) is 0.692. The molecule has 0 aliphatic heterocycles. The first-order valence-electron chi connectivity index (χ1n) is 4.62. The Balaban J connectivity index is 4.40. The van der Waals surface area contributed by atoms with Crippen molar-refractivity contribution in [1.82, 2.24) is 0 Å². The molecule has 0 aliphatic carbocycles. The zero-order valence-electron chi connectivity index (χ0n) is 9.03. The first-order chi connectivity index (χ1) is 7.01. The van der Waals surface area contributed by atoms with Crippen molar-refractivity contribution < 1.29 is 23.9 Å². The average molecular weight is 214 g/mol. The van der Waals surface area contributed by atoms with E-state index in [4.69, 9.17) is 0 Å². The second-order valence-corrected chi connectivity index (χ2v) is 2.72. The number of hydrogen-bond acceptors (Lipinski definition) is 5. The molecule has 5 nitrogen and oxygen atoms in total. The van der Waals surface area contributed by atoms with Gasteiger partial charge in [0.25, 0.3) is 0 Å². The summed E-state index contributed by atoms with van der Waals surface area (Å²) >= 11 is 0. The Morgan fingerprint density at radius 1 is 1.13 bits per heavy atom. The molecule has 0 heterocycles. The van der Waals surface area contributed by atoms with Gasteiger partial charge in [-0.25, -0.2) is 4.79 Å². The third kappa shape index (κ3) is 5.61. The van der Waals surface area contributed by atoms with Gasteiger partial charge < -0.3 is 9.47 Å². The normalized spacial score (nSPS) is 10.7. The molecule has 0 amide bonds. The van der Waals surface area contributed by atoms with Crippen molar-refractivity contribution in [2.24, 2.45) is 0 Å². The summed E-state index contributed by atoms with van der Waals surface area (Å²) in [5, 5.41) is 0. The number of ether oxygens (including phenoxy) is 2. The Kier molecular flexibility index (Phi) is 6.01. The van der Waals surface area contributed by atoms with E-state index in [1.165, 1.54) is 0 Å². The minimum absolute atomic E-state index is 0.145. The van der Waals surface area contributed by atoms with Crippen LogP contribution in [0.5, 0.6) is 0 Å². The van der Waals surface area contributed by atoms with Crippen molar-refractivity contribution in [3.8, 4) is 0 Å².